The molecule has 1 atom stereocenters. The number of hydrogen-bond acceptors (Lipinski definition) is 5. The van der Waals surface area contributed by atoms with Crippen LogP contribution in [0.25, 0.3) is 0 Å². The Bertz CT molecular complexity index is 546. The summed E-state index contributed by atoms with van der Waals surface area (Å²) in [6, 6.07) is 4.50. The number of aryl methyl sites for hydroxylation is 2. The largest absolute Gasteiger partial charge is 0.436 e. The summed E-state index contributed by atoms with van der Waals surface area (Å²) in [6.45, 7) is 9.25. The van der Waals surface area contributed by atoms with E-state index in [0.29, 0.717) is 11.3 Å². The second-order valence-electron chi connectivity index (χ2n) is 5.06. The van der Waals surface area contributed by atoms with Crippen LogP contribution in [0.5, 0.6) is 0 Å². The maximum atomic E-state index is 5.58. The molecule has 0 aliphatic heterocycles. The molecule has 0 spiro atoms. The van der Waals surface area contributed by atoms with Crippen molar-refractivity contribution in [3.05, 3.63) is 35.5 Å². The molecule has 0 bridgehead atoms. The molecule has 0 aromatic carbocycles. The minimum atomic E-state index is 0.329. The average molecular weight is 305 g/mol. The number of pyridine rings is 1. The molecule has 2 aromatic rings. The Balaban J connectivity index is 2.04. The van der Waals surface area contributed by atoms with E-state index in [2.05, 4.69) is 41.3 Å². The van der Waals surface area contributed by atoms with Crippen LogP contribution in [0, 0.1) is 13.8 Å². The summed E-state index contributed by atoms with van der Waals surface area (Å²) >= 11 is 1.51. The van der Waals surface area contributed by atoms with Crippen molar-refractivity contribution in [1.29, 1.82) is 0 Å². The molecule has 2 heterocycles. The van der Waals surface area contributed by atoms with Gasteiger partial charge in [0.15, 0.2) is 0 Å². The SMILES string of the molecule is CCCNC(CC)c1ccc(Sc2nc(C)c(C)o2)cn1. The Morgan fingerprint density at radius 1 is 1.29 bits per heavy atom. The second kappa shape index (κ2) is 7.61. The normalized spacial score (nSPS) is 12.6. The van der Waals surface area contributed by atoms with Crippen molar-refractivity contribution in [2.75, 3.05) is 6.54 Å². The van der Waals surface area contributed by atoms with E-state index in [9.17, 15) is 0 Å². The summed E-state index contributed by atoms with van der Waals surface area (Å²) in [6.07, 6.45) is 4.07. The minimum absolute atomic E-state index is 0.329. The molecule has 0 saturated carbocycles. The molecule has 0 aliphatic carbocycles. The van der Waals surface area contributed by atoms with Gasteiger partial charge in [0.1, 0.15) is 5.76 Å². The van der Waals surface area contributed by atoms with Crippen LogP contribution in [0.3, 0.4) is 0 Å². The molecule has 0 amide bonds. The van der Waals surface area contributed by atoms with E-state index in [1.807, 2.05) is 20.0 Å². The van der Waals surface area contributed by atoms with Crippen LogP contribution in [0.15, 0.2) is 32.9 Å². The third kappa shape index (κ3) is 4.32. The lowest BCUT2D eigenvalue weighted by molar-refractivity contribution is 0.431. The predicted molar refractivity (Wildman–Crippen MR) is 85.7 cm³/mol. The van der Waals surface area contributed by atoms with E-state index < -0.39 is 0 Å². The number of nitrogens with zero attached hydrogens (tertiary/aromatic N) is 2. The first-order chi connectivity index (χ1) is 10.1. The van der Waals surface area contributed by atoms with Crippen molar-refractivity contribution in [2.24, 2.45) is 0 Å². The van der Waals surface area contributed by atoms with Crippen LogP contribution in [-0.2, 0) is 0 Å². The minimum Gasteiger partial charge on any atom is -0.436 e. The third-order valence-electron chi connectivity index (χ3n) is 3.38. The van der Waals surface area contributed by atoms with Crippen molar-refractivity contribution in [2.45, 2.75) is 56.7 Å². The van der Waals surface area contributed by atoms with Gasteiger partial charge in [0.05, 0.1) is 11.4 Å². The van der Waals surface area contributed by atoms with Gasteiger partial charge in [-0.15, -0.1) is 0 Å². The fraction of sp³-hybridized carbons (Fsp3) is 0.500. The van der Waals surface area contributed by atoms with Crippen LogP contribution in [0.2, 0.25) is 0 Å². The van der Waals surface area contributed by atoms with Crippen molar-refractivity contribution < 1.29 is 4.42 Å². The molecule has 0 saturated heterocycles. The first kappa shape index (κ1) is 16.0. The Hall–Kier alpha value is -1.33. The monoisotopic (exact) mass is 305 g/mol. The molecule has 5 heteroatoms. The summed E-state index contributed by atoms with van der Waals surface area (Å²) in [7, 11) is 0. The molecular formula is C16H23N3OS. The lowest BCUT2D eigenvalue weighted by atomic mass is 10.1. The third-order valence-corrected chi connectivity index (χ3v) is 4.21. The molecule has 4 nitrogen and oxygen atoms in total. The summed E-state index contributed by atoms with van der Waals surface area (Å²) < 4.78 is 5.58. The number of nitrogens with one attached hydrogen (secondary N) is 1. The Morgan fingerprint density at radius 3 is 2.62 bits per heavy atom. The zero-order valence-electron chi connectivity index (χ0n) is 13.1. The highest BCUT2D eigenvalue weighted by atomic mass is 32.2. The Morgan fingerprint density at radius 2 is 2.10 bits per heavy atom. The topological polar surface area (TPSA) is 51.0 Å². The van der Waals surface area contributed by atoms with E-state index in [1.165, 1.54) is 11.8 Å². The van der Waals surface area contributed by atoms with Crippen LogP contribution in [0.4, 0.5) is 0 Å². The van der Waals surface area contributed by atoms with Crippen molar-refractivity contribution >= 4 is 11.8 Å². The van der Waals surface area contributed by atoms with Crippen molar-refractivity contribution in [1.82, 2.24) is 15.3 Å². The highest BCUT2D eigenvalue weighted by Gasteiger charge is 2.11. The smallest absolute Gasteiger partial charge is 0.261 e. The van der Waals surface area contributed by atoms with Gasteiger partial charge in [-0.3, -0.25) is 4.98 Å². The first-order valence-electron chi connectivity index (χ1n) is 7.45. The molecule has 1 unspecified atom stereocenters. The van der Waals surface area contributed by atoms with Gasteiger partial charge in [0.2, 0.25) is 0 Å². The number of hydrogen-bond donors (Lipinski definition) is 1. The summed E-state index contributed by atoms with van der Waals surface area (Å²) in [5.74, 6) is 0.872. The maximum absolute atomic E-state index is 5.58. The molecule has 2 aromatic heterocycles. The summed E-state index contributed by atoms with van der Waals surface area (Å²) in [5.41, 5.74) is 2.03. The van der Waals surface area contributed by atoms with E-state index in [1.54, 1.807) is 0 Å². The average Bonchev–Trinajstić information content (AvgIpc) is 2.79. The van der Waals surface area contributed by atoms with Crippen molar-refractivity contribution in [3.63, 3.8) is 0 Å². The van der Waals surface area contributed by atoms with Crippen LogP contribution in [-0.4, -0.2) is 16.5 Å². The van der Waals surface area contributed by atoms with Gasteiger partial charge >= 0.3 is 0 Å². The van der Waals surface area contributed by atoms with E-state index in [-0.39, 0.29) is 0 Å². The van der Waals surface area contributed by atoms with E-state index >= 15 is 0 Å². The van der Waals surface area contributed by atoms with Crippen LogP contribution >= 0.6 is 11.8 Å². The maximum Gasteiger partial charge on any atom is 0.261 e. The highest BCUT2D eigenvalue weighted by molar-refractivity contribution is 7.99. The second-order valence-corrected chi connectivity index (χ2v) is 6.08. The Kier molecular flexibility index (Phi) is 5.82. The molecule has 21 heavy (non-hydrogen) atoms. The van der Waals surface area contributed by atoms with Gasteiger partial charge in [0.25, 0.3) is 5.22 Å². The zero-order valence-corrected chi connectivity index (χ0v) is 14.0. The zero-order chi connectivity index (χ0) is 15.2. The molecule has 114 valence electrons. The lowest BCUT2D eigenvalue weighted by Crippen LogP contribution is -2.22. The van der Waals surface area contributed by atoms with Gasteiger partial charge < -0.3 is 9.73 Å². The molecule has 1 N–H and O–H groups in total. The molecule has 0 fully saturated rings. The fourth-order valence-electron chi connectivity index (χ4n) is 2.02. The number of oxazole rings is 1. The Labute approximate surface area is 130 Å². The van der Waals surface area contributed by atoms with E-state index in [0.717, 1.165) is 41.4 Å². The molecule has 0 aliphatic rings. The van der Waals surface area contributed by atoms with E-state index in [4.69, 9.17) is 4.42 Å². The van der Waals surface area contributed by atoms with Crippen LogP contribution in [0.1, 0.15) is 49.9 Å². The summed E-state index contributed by atoms with van der Waals surface area (Å²) in [5, 5.41) is 4.19. The van der Waals surface area contributed by atoms with Gasteiger partial charge in [-0.2, -0.15) is 0 Å². The lowest BCUT2D eigenvalue weighted by Gasteiger charge is -2.15. The quantitative estimate of drug-likeness (QED) is 0.827. The van der Waals surface area contributed by atoms with Crippen LogP contribution < -0.4 is 5.32 Å². The van der Waals surface area contributed by atoms with Gasteiger partial charge in [0, 0.05) is 17.1 Å². The molecular weight excluding hydrogens is 282 g/mol. The molecule has 0 radical (unpaired) electrons. The predicted octanol–water partition coefficient (Wildman–Crippen LogP) is 4.29. The van der Waals surface area contributed by atoms with Crippen molar-refractivity contribution in [3.8, 4) is 0 Å². The summed E-state index contributed by atoms with van der Waals surface area (Å²) in [4.78, 5) is 10.00. The fourth-order valence-corrected chi connectivity index (χ4v) is 2.81. The highest BCUT2D eigenvalue weighted by Crippen LogP contribution is 2.28. The standard InChI is InChI=1S/C16H23N3OS/c1-5-9-17-14(6-2)15-8-7-13(10-18-15)21-16-19-11(3)12(4)20-16/h7-8,10,14,17H,5-6,9H2,1-4H3. The van der Waals surface area contributed by atoms with Gasteiger partial charge in [-0.05, 0) is 57.1 Å². The van der Waals surface area contributed by atoms with Gasteiger partial charge in [-0.25, -0.2) is 4.98 Å². The molecule has 2 rings (SSSR count). The van der Waals surface area contributed by atoms with Gasteiger partial charge in [-0.1, -0.05) is 13.8 Å². The number of aromatic nitrogens is 2. The number of rotatable bonds is 7. The first-order valence-corrected chi connectivity index (χ1v) is 8.26.